The smallest absolute Gasteiger partial charge is 0.145 e. The van der Waals surface area contributed by atoms with Crippen LogP contribution in [0.3, 0.4) is 0 Å². The summed E-state index contributed by atoms with van der Waals surface area (Å²) in [6, 6.07) is 4.97. The molecule has 0 aliphatic heterocycles. The topological polar surface area (TPSA) is 48.1 Å². The summed E-state index contributed by atoms with van der Waals surface area (Å²) in [7, 11) is 1.61. The van der Waals surface area contributed by atoms with Gasteiger partial charge in [0.1, 0.15) is 5.82 Å². The quantitative estimate of drug-likeness (QED) is 0.923. The molecule has 0 amide bonds. The van der Waals surface area contributed by atoms with Gasteiger partial charge in [0, 0.05) is 25.0 Å². The molecule has 1 heterocycles. The van der Waals surface area contributed by atoms with Gasteiger partial charge in [0.05, 0.1) is 22.3 Å². The number of methoxy groups -OCH3 is 1. The molecule has 0 radical (unpaired) electrons. The lowest BCUT2D eigenvalue weighted by atomic mass is 10.1. The predicted octanol–water partition coefficient (Wildman–Crippen LogP) is 3.13. The normalized spacial score (nSPS) is 10.9. The van der Waals surface area contributed by atoms with E-state index in [0.717, 1.165) is 15.6 Å². The van der Waals surface area contributed by atoms with E-state index < -0.39 is 0 Å². The van der Waals surface area contributed by atoms with Crippen LogP contribution in [-0.4, -0.2) is 12.1 Å². The molecule has 2 rings (SSSR count). The molecule has 6 heteroatoms. The molecule has 0 aliphatic rings. The van der Waals surface area contributed by atoms with E-state index >= 15 is 0 Å². The van der Waals surface area contributed by atoms with Crippen molar-refractivity contribution in [3.8, 4) is 0 Å². The standard InChI is InChI=1S/C13H14ClFN2OS/c1-18-7-10-11(6-16)19-12(17-10)5-8-3-2-4-9(14)13(8)15/h2-4H,5-7,16H2,1H3. The highest BCUT2D eigenvalue weighted by atomic mass is 35.5. The third-order valence-corrected chi connectivity index (χ3v) is 4.07. The van der Waals surface area contributed by atoms with Crippen molar-refractivity contribution < 1.29 is 9.13 Å². The molecule has 0 saturated heterocycles. The molecule has 0 bridgehead atoms. The first-order valence-electron chi connectivity index (χ1n) is 5.75. The van der Waals surface area contributed by atoms with Gasteiger partial charge in [-0.2, -0.15) is 0 Å². The first-order chi connectivity index (χ1) is 9.15. The number of hydrogen-bond acceptors (Lipinski definition) is 4. The van der Waals surface area contributed by atoms with Gasteiger partial charge in [0.25, 0.3) is 0 Å². The van der Waals surface area contributed by atoms with Gasteiger partial charge in [-0.05, 0) is 11.6 Å². The van der Waals surface area contributed by atoms with E-state index in [4.69, 9.17) is 22.1 Å². The van der Waals surface area contributed by atoms with E-state index in [1.54, 1.807) is 19.2 Å². The Morgan fingerprint density at radius 3 is 2.95 bits per heavy atom. The van der Waals surface area contributed by atoms with Crippen molar-refractivity contribution in [3.63, 3.8) is 0 Å². The highest BCUT2D eigenvalue weighted by Crippen LogP contribution is 2.25. The van der Waals surface area contributed by atoms with Crippen molar-refractivity contribution in [3.05, 3.63) is 50.2 Å². The first kappa shape index (κ1) is 14.4. The molecule has 0 saturated carbocycles. The van der Waals surface area contributed by atoms with Gasteiger partial charge in [0.2, 0.25) is 0 Å². The summed E-state index contributed by atoms with van der Waals surface area (Å²) >= 11 is 7.24. The number of nitrogens with two attached hydrogens (primary N) is 1. The van der Waals surface area contributed by atoms with Crippen LogP contribution in [0, 0.1) is 5.82 Å². The van der Waals surface area contributed by atoms with Crippen LogP contribution in [0.1, 0.15) is 21.1 Å². The Balaban J connectivity index is 2.25. The summed E-state index contributed by atoms with van der Waals surface area (Å²) in [5, 5.41) is 0.943. The van der Waals surface area contributed by atoms with Crippen LogP contribution in [0.25, 0.3) is 0 Å². The summed E-state index contributed by atoms with van der Waals surface area (Å²) in [5.74, 6) is -0.387. The minimum atomic E-state index is -0.387. The van der Waals surface area contributed by atoms with Gasteiger partial charge in [-0.3, -0.25) is 0 Å². The highest BCUT2D eigenvalue weighted by Gasteiger charge is 2.13. The van der Waals surface area contributed by atoms with Gasteiger partial charge in [-0.15, -0.1) is 11.3 Å². The fourth-order valence-electron chi connectivity index (χ4n) is 1.77. The molecule has 2 aromatic rings. The van der Waals surface area contributed by atoms with Crippen LogP contribution in [0.15, 0.2) is 18.2 Å². The van der Waals surface area contributed by atoms with Crippen LogP contribution in [-0.2, 0) is 24.3 Å². The second kappa shape index (κ2) is 6.43. The van der Waals surface area contributed by atoms with E-state index in [0.29, 0.717) is 25.1 Å². The Hall–Kier alpha value is -1.01. The Morgan fingerprint density at radius 1 is 1.47 bits per heavy atom. The van der Waals surface area contributed by atoms with Crippen LogP contribution >= 0.6 is 22.9 Å². The number of benzene rings is 1. The van der Waals surface area contributed by atoms with E-state index in [2.05, 4.69) is 4.98 Å². The summed E-state index contributed by atoms with van der Waals surface area (Å²) in [5.41, 5.74) is 7.02. The van der Waals surface area contributed by atoms with Gasteiger partial charge >= 0.3 is 0 Å². The Bertz CT molecular complexity index is 574. The second-order valence-corrected chi connectivity index (χ2v) is 5.58. The predicted molar refractivity (Wildman–Crippen MR) is 74.9 cm³/mol. The fraction of sp³-hybridized carbons (Fsp3) is 0.308. The van der Waals surface area contributed by atoms with Crippen molar-refractivity contribution in [2.75, 3.05) is 7.11 Å². The summed E-state index contributed by atoms with van der Waals surface area (Å²) in [4.78, 5) is 5.41. The summed E-state index contributed by atoms with van der Waals surface area (Å²) in [6.45, 7) is 0.829. The molecule has 0 atom stereocenters. The second-order valence-electron chi connectivity index (χ2n) is 4.00. The first-order valence-corrected chi connectivity index (χ1v) is 6.94. The van der Waals surface area contributed by atoms with E-state index in [1.165, 1.54) is 17.4 Å². The van der Waals surface area contributed by atoms with Gasteiger partial charge < -0.3 is 10.5 Å². The van der Waals surface area contributed by atoms with Crippen molar-refractivity contribution in [1.29, 1.82) is 0 Å². The molecule has 102 valence electrons. The van der Waals surface area contributed by atoms with Crippen molar-refractivity contribution >= 4 is 22.9 Å². The zero-order chi connectivity index (χ0) is 13.8. The molecular formula is C13H14ClFN2OS. The summed E-state index contributed by atoms with van der Waals surface area (Å²) < 4.78 is 18.9. The van der Waals surface area contributed by atoms with Crippen molar-refractivity contribution in [2.45, 2.75) is 19.6 Å². The van der Waals surface area contributed by atoms with E-state index in [-0.39, 0.29) is 10.8 Å². The van der Waals surface area contributed by atoms with Gasteiger partial charge in [-0.25, -0.2) is 9.37 Å². The lowest BCUT2D eigenvalue weighted by Gasteiger charge is -2.01. The zero-order valence-electron chi connectivity index (χ0n) is 10.5. The number of nitrogens with zero attached hydrogens (tertiary/aromatic N) is 1. The van der Waals surface area contributed by atoms with E-state index in [1.807, 2.05) is 0 Å². The number of ether oxygens (including phenoxy) is 1. The molecule has 0 unspecified atom stereocenters. The van der Waals surface area contributed by atoms with E-state index in [9.17, 15) is 4.39 Å². The van der Waals surface area contributed by atoms with Crippen LogP contribution < -0.4 is 5.73 Å². The summed E-state index contributed by atoms with van der Waals surface area (Å²) in [6.07, 6.45) is 0.410. The largest absolute Gasteiger partial charge is 0.378 e. The maximum absolute atomic E-state index is 13.8. The van der Waals surface area contributed by atoms with Crippen molar-refractivity contribution in [1.82, 2.24) is 4.98 Å². The Labute approximate surface area is 120 Å². The van der Waals surface area contributed by atoms with Crippen LogP contribution in [0.2, 0.25) is 5.02 Å². The molecule has 19 heavy (non-hydrogen) atoms. The third-order valence-electron chi connectivity index (χ3n) is 2.66. The maximum atomic E-state index is 13.8. The molecule has 2 N–H and O–H groups in total. The van der Waals surface area contributed by atoms with Crippen molar-refractivity contribution in [2.24, 2.45) is 5.73 Å². The highest BCUT2D eigenvalue weighted by molar-refractivity contribution is 7.11. The molecule has 1 aromatic heterocycles. The lowest BCUT2D eigenvalue weighted by Crippen LogP contribution is -1.99. The van der Waals surface area contributed by atoms with Gasteiger partial charge in [0.15, 0.2) is 0 Å². The average molecular weight is 301 g/mol. The van der Waals surface area contributed by atoms with Crippen LogP contribution in [0.4, 0.5) is 4.39 Å². The van der Waals surface area contributed by atoms with Gasteiger partial charge in [-0.1, -0.05) is 23.7 Å². The monoisotopic (exact) mass is 300 g/mol. The minimum absolute atomic E-state index is 0.130. The van der Waals surface area contributed by atoms with Crippen LogP contribution in [0.5, 0.6) is 0 Å². The fourth-order valence-corrected chi connectivity index (χ4v) is 2.94. The molecule has 3 nitrogen and oxygen atoms in total. The third kappa shape index (κ3) is 3.30. The number of hydrogen-bond donors (Lipinski definition) is 1. The Kier molecular flexibility index (Phi) is 4.87. The number of thiazole rings is 1. The minimum Gasteiger partial charge on any atom is -0.378 e. The lowest BCUT2D eigenvalue weighted by molar-refractivity contribution is 0.181. The SMILES string of the molecule is COCc1nc(Cc2cccc(Cl)c2F)sc1CN. The zero-order valence-corrected chi connectivity index (χ0v) is 12.0. The molecule has 0 fully saturated rings. The Morgan fingerprint density at radius 2 is 2.26 bits per heavy atom. The molecule has 1 aromatic carbocycles. The molecule has 0 spiro atoms. The molecule has 0 aliphatic carbocycles. The molecular weight excluding hydrogens is 287 g/mol. The number of rotatable bonds is 5. The number of aromatic nitrogens is 1. The average Bonchev–Trinajstić information content (AvgIpc) is 2.77. The maximum Gasteiger partial charge on any atom is 0.145 e. The number of halogens is 2.